The highest BCUT2D eigenvalue weighted by Gasteiger charge is 2.31. The van der Waals surface area contributed by atoms with Crippen molar-refractivity contribution >= 4 is 0 Å². The van der Waals surface area contributed by atoms with E-state index < -0.39 is 0 Å². The Morgan fingerprint density at radius 3 is 2.94 bits per heavy atom. The number of rotatable bonds is 5. The summed E-state index contributed by atoms with van der Waals surface area (Å²) < 4.78 is 8.41. The van der Waals surface area contributed by atoms with Gasteiger partial charge in [0.05, 0.1) is 11.7 Å². The second kappa shape index (κ2) is 5.45. The molecule has 0 aromatic carbocycles. The van der Waals surface area contributed by atoms with E-state index in [0.717, 1.165) is 19.5 Å². The van der Waals surface area contributed by atoms with Crippen LogP contribution in [-0.2, 0) is 11.3 Å². The normalized spacial score (nSPS) is 24.3. The van der Waals surface area contributed by atoms with Gasteiger partial charge in [-0.15, -0.1) is 0 Å². The van der Waals surface area contributed by atoms with Crippen molar-refractivity contribution in [2.24, 2.45) is 0 Å². The molecule has 0 bridgehead atoms. The molecule has 0 spiro atoms. The minimum Gasteiger partial charge on any atom is -0.370 e. The SMILES string of the molecule is CCNC(C)c1cccn1CC1CCC(C)(C)O1. The Kier molecular flexibility index (Phi) is 4.13. The molecule has 1 fully saturated rings. The van der Waals surface area contributed by atoms with E-state index in [0.29, 0.717) is 12.1 Å². The first kappa shape index (κ1) is 13.6. The number of nitrogens with one attached hydrogen (secondary N) is 1. The molecule has 2 atom stereocenters. The lowest BCUT2D eigenvalue weighted by molar-refractivity contribution is -0.0220. The quantitative estimate of drug-likeness (QED) is 0.869. The first-order valence-electron chi connectivity index (χ1n) is 7.08. The summed E-state index contributed by atoms with van der Waals surface area (Å²) in [5.41, 5.74) is 1.41. The van der Waals surface area contributed by atoms with Crippen LogP contribution < -0.4 is 5.32 Å². The van der Waals surface area contributed by atoms with Gasteiger partial charge in [-0.1, -0.05) is 6.92 Å². The average Bonchev–Trinajstić information content (AvgIpc) is 2.86. The van der Waals surface area contributed by atoms with Gasteiger partial charge in [-0.05, 0) is 52.3 Å². The predicted molar refractivity (Wildman–Crippen MR) is 74.7 cm³/mol. The second-order valence-electron chi connectivity index (χ2n) is 5.90. The molecule has 18 heavy (non-hydrogen) atoms. The molecule has 2 unspecified atom stereocenters. The van der Waals surface area contributed by atoms with E-state index in [9.17, 15) is 0 Å². The molecule has 2 rings (SSSR count). The Balaban J connectivity index is 2.00. The third kappa shape index (κ3) is 3.15. The zero-order chi connectivity index (χ0) is 13.2. The van der Waals surface area contributed by atoms with E-state index in [2.05, 4.69) is 55.9 Å². The predicted octanol–water partition coefficient (Wildman–Crippen LogP) is 3.12. The van der Waals surface area contributed by atoms with Gasteiger partial charge < -0.3 is 14.6 Å². The van der Waals surface area contributed by atoms with Gasteiger partial charge in [-0.2, -0.15) is 0 Å². The van der Waals surface area contributed by atoms with E-state index in [1.54, 1.807) is 0 Å². The molecule has 1 aromatic heterocycles. The van der Waals surface area contributed by atoms with Crippen molar-refractivity contribution in [2.75, 3.05) is 6.54 Å². The van der Waals surface area contributed by atoms with Crippen LogP contribution >= 0.6 is 0 Å². The molecule has 0 saturated carbocycles. The summed E-state index contributed by atoms with van der Waals surface area (Å²) in [5.74, 6) is 0. The molecule has 1 N–H and O–H groups in total. The van der Waals surface area contributed by atoms with Crippen molar-refractivity contribution in [3.63, 3.8) is 0 Å². The van der Waals surface area contributed by atoms with Gasteiger partial charge in [-0.3, -0.25) is 0 Å². The van der Waals surface area contributed by atoms with E-state index in [-0.39, 0.29) is 5.60 Å². The summed E-state index contributed by atoms with van der Waals surface area (Å²) in [6.07, 6.45) is 4.86. The molecule has 1 aliphatic heterocycles. The summed E-state index contributed by atoms with van der Waals surface area (Å²) in [6, 6.07) is 4.73. The van der Waals surface area contributed by atoms with Gasteiger partial charge in [0, 0.05) is 24.5 Å². The fourth-order valence-electron chi connectivity index (χ4n) is 2.82. The van der Waals surface area contributed by atoms with Crippen LogP contribution in [0.5, 0.6) is 0 Å². The molecular formula is C15H26N2O. The number of aromatic nitrogens is 1. The first-order valence-corrected chi connectivity index (χ1v) is 7.08. The highest BCUT2D eigenvalue weighted by molar-refractivity contribution is 5.11. The van der Waals surface area contributed by atoms with Crippen LogP contribution in [0.25, 0.3) is 0 Å². The Morgan fingerprint density at radius 1 is 1.56 bits per heavy atom. The van der Waals surface area contributed by atoms with Crippen LogP contribution in [0.2, 0.25) is 0 Å². The van der Waals surface area contributed by atoms with Gasteiger partial charge in [0.25, 0.3) is 0 Å². The van der Waals surface area contributed by atoms with Crippen molar-refractivity contribution in [2.45, 2.75) is 64.8 Å². The minimum absolute atomic E-state index is 0.0608. The van der Waals surface area contributed by atoms with Crippen LogP contribution in [0.15, 0.2) is 18.3 Å². The molecule has 1 saturated heterocycles. The number of nitrogens with zero attached hydrogens (tertiary/aromatic N) is 1. The van der Waals surface area contributed by atoms with E-state index >= 15 is 0 Å². The van der Waals surface area contributed by atoms with Crippen molar-refractivity contribution in [1.82, 2.24) is 9.88 Å². The molecule has 0 aliphatic carbocycles. The maximum Gasteiger partial charge on any atom is 0.0762 e. The van der Waals surface area contributed by atoms with Crippen LogP contribution in [0.3, 0.4) is 0 Å². The van der Waals surface area contributed by atoms with Crippen molar-refractivity contribution in [3.05, 3.63) is 24.0 Å². The highest BCUT2D eigenvalue weighted by atomic mass is 16.5. The molecule has 2 heterocycles. The fraction of sp³-hybridized carbons (Fsp3) is 0.733. The van der Waals surface area contributed by atoms with E-state index in [4.69, 9.17) is 4.74 Å². The maximum atomic E-state index is 6.08. The van der Waals surface area contributed by atoms with Crippen molar-refractivity contribution < 1.29 is 4.74 Å². The van der Waals surface area contributed by atoms with Gasteiger partial charge in [0.2, 0.25) is 0 Å². The van der Waals surface area contributed by atoms with Crippen molar-refractivity contribution in [1.29, 1.82) is 0 Å². The lowest BCUT2D eigenvalue weighted by Gasteiger charge is -2.22. The molecule has 0 radical (unpaired) electrons. The summed E-state index contributed by atoms with van der Waals surface area (Å²) in [5, 5.41) is 3.47. The van der Waals surface area contributed by atoms with E-state index in [1.807, 2.05) is 0 Å². The zero-order valence-corrected chi connectivity index (χ0v) is 12.1. The van der Waals surface area contributed by atoms with Gasteiger partial charge >= 0.3 is 0 Å². The first-order chi connectivity index (χ1) is 8.52. The second-order valence-corrected chi connectivity index (χ2v) is 5.90. The standard InChI is InChI=1S/C15H26N2O/c1-5-16-12(2)14-7-6-10-17(14)11-13-8-9-15(3,4)18-13/h6-7,10,12-13,16H,5,8-9,11H2,1-4H3. The molecular weight excluding hydrogens is 224 g/mol. The lowest BCUT2D eigenvalue weighted by atomic mass is 10.1. The van der Waals surface area contributed by atoms with Gasteiger partial charge in [0.1, 0.15) is 0 Å². The summed E-state index contributed by atoms with van der Waals surface area (Å²) in [6.45, 7) is 10.7. The average molecular weight is 250 g/mol. The van der Waals surface area contributed by atoms with Crippen LogP contribution in [0.4, 0.5) is 0 Å². The summed E-state index contributed by atoms with van der Waals surface area (Å²) in [4.78, 5) is 0. The molecule has 0 amide bonds. The zero-order valence-electron chi connectivity index (χ0n) is 12.1. The summed E-state index contributed by atoms with van der Waals surface area (Å²) >= 11 is 0. The Bertz CT molecular complexity index is 384. The van der Waals surface area contributed by atoms with Crippen LogP contribution in [-0.4, -0.2) is 22.8 Å². The third-order valence-corrected chi connectivity index (χ3v) is 3.77. The Labute approximate surface area is 111 Å². The summed E-state index contributed by atoms with van der Waals surface area (Å²) in [7, 11) is 0. The number of hydrogen-bond donors (Lipinski definition) is 1. The number of ether oxygens (including phenoxy) is 1. The minimum atomic E-state index is 0.0608. The van der Waals surface area contributed by atoms with Crippen molar-refractivity contribution in [3.8, 4) is 0 Å². The lowest BCUT2D eigenvalue weighted by Crippen LogP contribution is -2.25. The number of hydrogen-bond acceptors (Lipinski definition) is 2. The molecule has 1 aliphatic rings. The Hall–Kier alpha value is -0.800. The van der Waals surface area contributed by atoms with Gasteiger partial charge in [0.15, 0.2) is 0 Å². The molecule has 1 aromatic rings. The third-order valence-electron chi connectivity index (χ3n) is 3.77. The van der Waals surface area contributed by atoms with Crippen LogP contribution in [0, 0.1) is 0 Å². The van der Waals surface area contributed by atoms with Gasteiger partial charge in [-0.25, -0.2) is 0 Å². The monoisotopic (exact) mass is 250 g/mol. The highest BCUT2D eigenvalue weighted by Crippen LogP contribution is 2.30. The fourth-order valence-corrected chi connectivity index (χ4v) is 2.82. The topological polar surface area (TPSA) is 26.2 Å². The molecule has 102 valence electrons. The largest absolute Gasteiger partial charge is 0.370 e. The molecule has 3 nitrogen and oxygen atoms in total. The smallest absolute Gasteiger partial charge is 0.0762 e. The maximum absolute atomic E-state index is 6.08. The van der Waals surface area contributed by atoms with E-state index in [1.165, 1.54) is 12.1 Å². The Morgan fingerprint density at radius 2 is 2.33 bits per heavy atom. The van der Waals surface area contributed by atoms with Crippen LogP contribution in [0.1, 0.15) is 52.3 Å². The molecule has 3 heteroatoms.